The van der Waals surface area contributed by atoms with Crippen LogP contribution in [-0.4, -0.2) is 33.1 Å². The summed E-state index contributed by atoms with van der Waals surface area (Å²) in [6, 6.07) is 4.04. The lowest BCUT2D eigenvalue weighted by atomic mass is 9.94. The summed E-state index contributed by atoms with van der Waals surface area (Å²) in [6.45, 7) is 7.14. The Morgan fingerprint density at radius 2 is 2.25 bits per heavy atom. The quantitative estimate of drug-likeness (QED) is 0.817. The third-order valence-electron chi connectivity index (χ3n) is 4.39. The van der Waals surface area contributed by atoms with Crippen LogP contribution < -0.4 is 0 Å². The molecule has 2 aromatic heterocycles. The van der Waals surface area contributed by atoms with E-state index in [1.54, 1.807) is 0 Å². The number of rotatable bonds is 3. The maximum absolute atomic E-state index is 5.95. The Balaban J connectivity index is 2.25. The predicted molar refractivity (Wildman–Crippen MR) is 80.4 cm³/mol. The van der Waals surface area contributed by atoms with Gasteiger partial charge in [0.25, 0.3) is 0 Å². The lowest BCUT2D eigenvalue weighted by molar-refractivity contribution is 0.0762. The Kier molecular flexibility index (Phi) is 3.46. The number of aromatic nitrogens is 3. The molecule has 20 heavy (non-hydrogen) atoms. The molecule has 0 saturated carbocycles. The molecule has 2 unspecified atom stereocenters. The topological polar surface area (TPSA) is 39.9 Å². The zero-order valence-electron chi connectivity index (χ0n) is 12.2. The van der Waals surface area contributed by atoms with Crippen molar-refractivity contribution in [2.75, 3.05) is 12.5 Å². The number of nitrogens with zero attached hydrogens (tertiary/aromatic N) is 3. The van der Waals surface area contributed by atoms with Gasteiger partial charge in [-0.15, -0.1) is 11.6 Å². The summed E-state index contributed by atoms with van der Waals surface area (Å²) in [6.07, 6.45) is 1.88. The van der Waals surface area contributed by atoms with Crippen molar-refractivity contribution >= 4 is 22.8 Å². The predicted octanol–water partition coefficient (Wildman–Crippen LogP) is 3.05. The summed E-state index contributed by atoms with van der Waals surface area (Å²) in [7, 11) is 0. The average Bonchev–Trinajstić information content (AvgIpc) is 2.92. The van der Waals surface area contributed by atoms with Crippen LogP contribution in [-0.2, 0) is 16.7 Å². The second-order valence-corrected chi connectivity index (χ2v) is 6.10. The van der Waals surface area contributed by atoms with Gasteiger partial charge in [-0.25, -0.2) is 9.97 Å². The molecule has 2 aromatic rings. The van der Waals surface area contributed by atoms with Crippen LogP contribution in [0.15, 0.2) is 12.1 Å². The van der Waals surface area contributed by atoms with E-state index in [2.05, 4.69) is 18.4 Å². The molecule has 1 saturated heterocycles. The van der Waals surface area contributed by atoms with E-state index in [0.717, 1.165) is 42.1 Å². The lowest BCUT2D eigenvalue weighted by Gasteiger charge is -2.31. The zero-order chi connectivity index (χ0) is 14.3. The molecular formula is C15H20ClN3O. The molecule has 0 radical (unpaired) electrons. The number of fused-ring (bicyclic) bond motifs is 1. The van der Waals surface area contributed by atoms with Gasteiger partial charge >= 0.3 is 0 Å². The monoisotopic (exact) mass is 293 g/mol. The molecule has 5 heteroatoms. The maximum Gasteiger partial charge on any atom is 0.160 e. The van der Waals surface area contributed by atoms with Gasteiger partial charge in [-0.1, -0.05) is 0 Å². The molecule has 0 spiro atoms. The normalized spacial score (nSPS) is 26.5. The van der Waals surface area contributed by atoms with E-state index in [-0.39, 0.29) is 11.6 Å². The number of imidazole rings is 1. The molecule has 1 aliphatic heterocycles. The van der Waals surface area contributed by atoms with Crippen LogP contribution in [0, 0.1) is 6.92 Å². The number of ether oxygens (including phenoxy) is 1. The third kappa shape index (κ3) is 2.02. The van der Waals surface area contributed by atoms with Gasteiger partial charge in [-0.05, 0) is 39.3 Å². The molecule has 0 amide bonds. The van der Waals surface area contributed by atoms with Crippen LogP contribution in [0.3, 0.4) is 0 Å². The minimum Gasteiger partial charge on any atom is -0.376 e. The van der Waals surface area contributed by atoms with Gasteiger partial charge in [0.2, 0.25) is 0 Å². The molecule has 0 N–H and O–H groups in total. The van der Waals surface area contributed by atoms with Crippen LogP contribution in [0.2, 0.25) is 0 Å². The van der Waals surface area contributed by atoms with E-state index in [1.165, 1.54) is 0 Å². The Morgan fingerprint density at radius 1 is 1.45 bits per heavy atom. The van der Waals surface area contributed by atoms with Crippen LogP contribution in [0.25, 0.3) is 11.2 Å². The van der Waals surface area contributed by atoms with Crippen LogP contribution in [0.4, 0.5) is 0 Å². The molecule has 0 aromatic carbocycles. The van der Waals surface area contributed by atoms with Gasteiger partial charge in [0.15, 0.2) is 5.65 Å². The fraction of sp³-hybridized carbons (Fsp3) is 0.600. The Bertz CT molecular complexity index is 639. The third-order valence-corrected chi connectivity index (χ3v) is 4.58. The summed E-state index contributed by atoms with van der Waals surface area (Å²) in [4.78, 5) is 9.43. The Hall–Kier alpha value is -1.13. The van der Waals surface area contributed by atoms with E-state index in [4.69, 9.17) is 26.3 Å². The summed E-state index contributed by atoms with van der Waals surface area (Å²) in [5.41, 5.74) is 2.80. The number of hydrogen-bond acceptors (Lipinski definition) is 3. The molecule has 0 bridgehead atoms. The highest BCUT2D eigenvalue weighted by molar-refractivity contribution is 6.17. The van der Waals surface area contributed by atoms with Crippen molar-refractivity contribution in [1.82, 2.24) is 14.5 Å². The van der Waals surface area contributed by atoms with E-state index in [1.807, 2.05) is 19.1 Å². The number of hydrogen-bond donors (Lipinski definition) is 0. The number of pyridine rings is 1. The van der Waals surface area contributed by atoms with E-state index in [9.17, 15) is 0 Å². The molecule has 0 aliphatic carbocycles. The smallest absolute Gasteiger partial charge is 0.160 e. The van der Waals surface area contributed by atoms with Gasteiger partial charge in [-0.3, -0.25) is 0 Å². The first-order valence-electron chi connectivity index (χ1n) is 7.09. The molecule has 4 nitrogen and oxygen atoms in total. The van der Waals surface area contributed by atoms with Crippen LogP contribution in [0.1, 0.15) is 31.8 Å². The molecule has 108 valence electrons. The molecule has 2 atom stereocenters. The van der Waals surface area contributed by atoms with Crippen molar-refractivity contribution < 1.29 is 4.74 Å². The van der Waals surface area contributed by atoms with Crippen molar-refractivity contribution in [1.29, 1.82) is 0 Å². The molecule has 3 rings (SSSR count). The van der Waals surface area contributed by atoms with E-state index >= 15 is 0 Å². The first kappa shape index (κ1) is 13.8. The fourth-order valence-electron chi connectivity index (χ4n) is 3.01. The Labute approximate surface area is 124 Å². The largest absolute Gasteiger partial charge is 0.376 e. The molecule has 1 aliphatic rings. The molecule has 3 heterocycles. The molecule has 1 fully saturated rings. The standard InChI is InChI=1S/C15H20ClN3O/c1-10-4-5-12-14(17-10)19(13(18-12)6-8-16)15(3)7-9-20-11(15)2/h4-5,11H,6-9H2,1-3H3. The first-order chi connectivity index (χ1) is 9.56. The van der Waals surface area contributed by atoms with Crippen molar-refractivity contribution in [3.63, 3.8) is 0 Å². The fourth-order valence-corrected chi connectivity index (χ4v) is 3.18. The lowest BCUT2D eigenvalue weighted by Crippen LogP contribution is -2.38. The van der Waals surface area contributed by atoms with Gasteiger partial charge in [-0.2, -0.15) is 0 Å². The van der Waals surface area contributed by atoms with Gasteiger partial charge in [0, 0.05) is 24.6 Å². The highest BCUT2D eigenvalue weighted by Crippen LogP contribution is 2.36. The number of alkyl halides is 1. The highest BCUT2D eigenvalue weighted by atomic mass is 35.5. The summed E-state index contributed by atoms with van der Waals surface area (Å²) < 4.78 is 8.05. The van der Waals surface area contributed by atoms with Crippen molar-refractivity contribution in [2.24, 2.45) is 0 Å². The van der Waals surface area contributed by atoms with Crippen molar-refractivity contribution in [3.8, 4) is 0 Å². The zero-order valence-corrected chi connectivity index (χ0v) is 12.9. The summed E-state index contributed by atoms with van der Waals surface area (Å²) >= 11 is 5.95. The van der Waals surface area contributed by atoms with Gasteiger partial charge in [0.05, 0.1) is 11.6 Å². The van der Waals surface area contributed by atoms with Gasteiger partial charge in [0.1, 0.15) is 11.3 Å². The maximum atomic E-state index is 5.95. The van der Waals surface area contributed by atoms with E-state index in [0.29, 0.717) is 5.88 Å². The van der Waals surface area contributed by atoms with E-state index < -0.39 is 0 Å². The molecular weight excluding hydrogens is 274 g/mol. The average molecular weight is 294 g/mol. The number of aryl methyl sites for hydroxylation is 2. The minimum absolute atomic E-state index is 0.100. The second-order valence-electron chi connectivity index (χ2n) is 5.72. The minimum atomic E-state index is -0.100. The van der Waals surface area contributed by atoms with Crippen LogP contribution in [0.5, 0.6) is 0 Å². The van der Waals surface area contributed by atoms with Gasteiger partial charge < -0.3 is 9.30 Å². The first-order valence-corrected chi connectivity index (χ1v) is 7.63. The van der Waals surface area contributed by atoms with Crippen molar-refractivity contribution in [2.45, 2.75) is 45.3 Å². The van der Waals surface area contributed by atoms with Crippen molar-refractivity contribution in [3.05, 3.63) is 23.7 Å². The summed E-state index contributed by atoms with van der Waals surface area (Å²) in [5, 5.41) is 0. The number of halogens is 1. The SMILES string of the molecule is Cc1ccc2nc(CCCl)n(C3(C)CCOC3C)c2n1. The van der Waals surface area contributed by atoms with Crippen LogP contribution >= 0.6 is 11.6 Å². The Morgan fingerprint density at radius 3 is 2.90 bits per heavy atom. The summed E-state index contributed by atoms with van der Waals surface area (Å²) in [5.74, 6) is 1.57. The second kappa shape index (κ2) is 5.01. The highest BCUT2D eigenvalue weighted by Gasteiger charge is 2.41.